The first-order valence-corrected chi connectivity index (χ1v) is 18.9. The molecule has 0 aliphatic heterocycles. The third-order valence-electron chi connectivity index (χ3n) is 12.1. The van der Waals surface area contributed by atoms with Crippen molar-refractivity contribution in [1.29, 1.82) is 0 Å². The third kappa shape index (κ3) is 4.11. The van der Waals surface area contributed by atoms with Gasteiger partial charge in [-0.1, -0.05) is 166 Å². The van der Waals surface area contributed by atoms with Gasteiger partial charge in [-0.2, -0.15) is 0 Å². The van der Waals surface area contributed by atoms with Gasteiger partial charge >= 0.3 is 0 Å². The quantitative estimate of drug-likeness (QED) is 0.179. The standard InChI is InChI=1S/C52H37NO/c1-51(2)41-26-13-11-25-39(41)50-44(51)29-17-30-46(50)53(35-20-7-4-8-21-35)47-32-40-38-24-12-16-31-48(38)54-49(40)33-45(47)52(34-18-5-3-6-19-34)42-27-14-9-22-36(42)37-23-10-15-28-43(37)52/h3-33H,1-2H3. The van der Waals surface area contributed by atoms with Crippen molar-refractivity contribution in [3.05, 3.63) is 221 Å². The highest BCUT2D eigenvalue weighted by Gasteiger charge is 2.48. The maximum Gasteiger partial charge on any atom is 0.135 e. The van der Waals surface area contributed by atoms with E-state index in [9.17, 15) is 0 Å². The Morgan fingerprint density at radius 1 is 0.407 bits per heavy atom. The van der Waals surface area contributed by atoms with Gasteiger partial charge in [0, 0.05) is 27.4 Å². The lowest BCUT2D eigenvalue weighted by atomic mass is 9.67. The molecule has 2 aliphatic carbocycles. The zero-order valence-electron chi connectivity index (χ0n) is 30.3. The largest absolute Gasteiger partial charge is 0.456 e. The van der Waals surface area contributed by atoms with E-state index >= 15 is 0 Å². The maximum absolute atomic E-state index is 6.78. The van der Waals surface area contributed by atoms with Crippen LogP contribution in [0.25, 0.3) is 44.2 Å². The summed E-state index contributed by atoms with van der Waals surface area (Å²) in [7, 11) is 0. The Bertz CT molecular complexity index is 2870. The van der Waals surface area contributed by atoms with Crippen LogP contribution in [0.4, 0.5) is 17.1 Å². The fourth-order valence-corrected chi connectivity index (χ4v) is 9.83. The summed E-state index contributed by atoms with van der Waals surface area (Å²) in [5, 5.41) is 2.21. The van der Waals surface area contributed by atoms with Gasteiger partial charge in [-0.25, -0.2) is 0 Å². The first-order valence-electron chi connectivity index (χ1n) is 18.9. The van der Waals surface area contributed by atoms with Crippen LogP contribution >= 0.6 is 0 Å². The molecular weight excluding hydrogens is 655 g/mol. The fourth-order valence-electron chi connectivity index (χ4n) is 9.83. The van der Waals surface area contributed by atoms with Crippen molar-refractivity contribution in [1.82, 2.24) is 0 Å². The second-order valence-corrected chi connectivity index (χ2v) is 15.2. The average molecular weight is 692 g/mol. The highest BCUT2D eigenvalue weighted by atomic mass is 16.3. The molecule has 54 heavy (non-hydrogen) atoms. The number of rotatable bonds is 5. The Labute approximate surface area is 315 Å². The molecule has 256 valence electrons. The number of anilines is 3. The van der Waals surface area contributed by atoms with Crippen LogP contribution in [-0.2, 0) is 10.8 Å². The molecule has 0 N–H and O–H groups in total. The third-order valence-corrected chi connectivity index (χ3v) is 12.1. The molecule has 1 heterocycles. The fraction of sp³-hybridized carbons (Fsp3) is 0.0769. The summed E-state index contributed by atoms with van der Waals surface area (Å²) in [6.45, 7) is 4.72. The van der Waals surface area contributed by atoms with Crippen LogP contribution < -0.4 is 4.90 Å². The maximum atomic E-state index is 6.78. The molecule has 1 aromatic heterocycles. The summed E-state index contributed by atoms with van der Waals surface area (Å²) in [6.07, 6.45) is 0. The van der Waals surface area contributed by atoms with E-state index < -0.39 is 5.41 Å². The van der Waals surface area contributed by atoms with Crippen LogP contribution in [0, 0.1) is 0 Å². The van der Waals surface area contributed by atoms with Gasteiger partial charge in [0.2, 0.25) is 0 Å². The molecular formula is C52H37NO. The Kier molecular flexibility index (Phi) is 6.55. The van der Waals surface area contributed by atoms with Crippen LogP contribution in [0.15, 0.2) is 192 Å². The zero-order valence-corrected chi connectivity index (χ0v) is 30.3. The van der Waals surface area contributed by atoms with Crippen molar-refractivity contribution in [2.75, 3.05) is 4.90 Å². The van der Waals surface area contributed by atoms with Gasteiger partial charge in [0.1, 0.15) is 11.2 Å². The molecule has 0 spiro atoms. The minimum absolute atomic E-state index is 0.146. The van der Waals surface area contributed by atoms with Crippen molar-refractivity contribution in [3.8, 4) is 22.3 Å². The van der Waals surface area contributed by atoms with Crippen molar-refractivity contribution in [2.24, 2.45) is 0 Å². The Hall–Kier alpha value is -6.64. The van der Waals surface area contributed by atoms with Crippen LogP contribution in [-0.4, -0.2) is 0 Å². The van der Waals surface area contributed by atoms with E-state index in [1.807, 2.05) is 0 Å². The normalized spacial score (nSPS) is 14.4. The highest BCUT2D eigenvalue weighted by Crippen LogP contribution is 2.61. The predicted molar refractivity (Wildman–Crippen MR) is 223 cm³/mol. The minimum Gasteiger partial charge on any atom is -0.456 e. The molecule has 0 amide bonds. The monoisotopic (exact) mass is 691 g/mol. The first-order chi connectivity index (χ1) is 26.6. The van der Waals surface area contributed by atoms with E-state index in [-0.39, 0.29) is 5.41 Å². The van der Waals surface area contributed by atoms with Crippen molar-refractivity contribution in [3.63, 3.8) is 0 Å². The van der Waals surface area contributed by atoms with E-state index in [1.54, 1.807) is 0 Å². The van der Waals surface area contributed by atoms with Gasteiger partial charge in [0.25, 0.3) is 0 Å². The van der Waals surface area contributed by atoms with Gasteiger partial charge in [0.15, 0.2) is 0 Å². The van der Waals surface area contributed by atoms with Crippen LogP contribution in [0.3, 0.4) is 0 Å². The molecule has 0 fully saturated rings. The molecule has 9 aromatic rings. The summed E-state index contributed by atoms with van der Waals surface area (Å²) in [4.78, 5) is 2.53. The number of benzene rings is 8. The van der Waals surface area contributed by atoms with E-state index in [0.29, 0.717) is 0 Å². The summed E-state index contributed by atoms with van der Waals surface area (Å²) in [6, 6.07) is 69.0. The average Bonchev–Trinajstić information content (AvgIpc) is 3.82. The topological polar surface area (TPSA) is 16.4 Å². The smallest absolute Gasteiger partial charge is 0.135 e. The summed E-state index contributed by atoms with van der Waals surface area (Å²) < 4.78 is 6.78. The van der Waals surface area contributed by atoms with Gasteiger partial charge in [-0.3, -0.25) is 0 Å². The first kappa shape index (κ1) is 30.9. The van der Waals surface area contributed by atoms with E-state index in [2.05, 4.69) is 207 Å². The van der Waals surface area contributed by atoms with Gasteiger partial charge < -0.3 is 9.32 Å². The molecule has 11 rings (SSSR count). The van der Waals surface area contributed by atoms with Crippen LogP contribution in [0.2, 0.25) is 0 Å². The van der Waals surface area contributed by atoms with Crippen LogP contribution in [0.1, 0.15) is 47.2 Å². The summed E-state index contributed by atoms with van der Waals surface area (Å²) >= 11 is 0. The Morgan fingerprint density at radius 2 is 0.981 bits per heavy atom. The zero-order chi connectivity index (χ0) is 36.0. The molecule has 0 bridgehead atoms. The Balaban J connectivity index is 1.34. The number of para-hydroxylation sites is 2. The van der Waals surface area contributed by atoms with E-state index in [4.69, 9.17) is 4.42 Å². The number of furan rings is 1. The molecule has 2 aliphatic rings. The van der Waals surface area contributed by atoms with Crippen LogP contribution in [0.5, 0.6) is 0 Å². The van der Waals surface area contributed by atoms with Gasteiger partial charge in [0.05, 0.1) is 16.8 Å². The molecule has 0 radical (unpaired) electrons. The van der Waals surface area contributed by atoms with E-state index in [1.165, 1.54) is 55.6 Å². The number of nitrogens with zero attached hydrogens (tertiary/aromatic N) is 1. The minimum atomic E-state index is -0.654. The lowest BCUT2D eigenvalue weighted by molar-refractivity contribution is 0.660. The second kappa shape index (κ2) is 11.4. The number of hydrogen-bond acceptors (Lipinski definition) is 2. The van der Waals surface area contributed by atoms with Crippen molar-refractivity contribution < 1.29 is 4.42 Å². The SMILES string of the molecule is CC1(C)c2ccccc2-c2c(N(c3ccccc3)c3cc4c(cc3C3(c5ccccc5)c5ccccc5-c5ccccc53)oc3ccccc34)cccc21. The number of fused-ring (bicyclic) bond motifs is 9. The second-order valence-electron chi connectivity index (χ2n) is 15.2. The molecule has 0 unspecified atom stereocenters. The van der Waals surface area contributed by atoms with Crippen molar-refractivity contribution in [2.45, 2.75) is 24.7 Å². The molecule has 2 heteroatoms. The summed E-state index contributed by atoms with van der Waals surface area (Å²) in [5.41, 5.74) is 17.1. The number of hydrogen-bond donors (Lipinski definition) is 0. The predicted octanol–water partition coefficient (Wildman–Crippen LogP) is 13.7. The van der Waals surface area contributed by atoms with E-state index in [0.717, 1.165) is 39.0 Å². The molecule has 2 nitrogen and oxygen atoms in total. The summed E-state index contributed by atoms with van der Waals surface area (Å²) in [5.74, 6) is 0. The lowest BCUT2D eigenvalue weighted by Gasteiger charge is -2.38. The highest BCUT2D eigenvalue weighted by molar-refractivity contribution is 6.08. The molecule has 0 atom stereocenters. The molecule has 0 saturated heterocycles. The Morgan fingerprint density at radius 3 is 1.70 bits per heavy atom. The van der Waals surface area contributed by atoms with Gasteiger partial charge in [-0.05, 0) is 86.5 Å². The molecule has 0 saturated carbocycles. The van der Waals surface area contributed by atoms with Gasteiger partial charge in [-0.15, -0.1) is 0 Å². The van der Waals surface area contributed by atoms with Crippen molar-refractivity contribution >= 4 is 39.0 Å². The lowest BCUT2D eigenvalue weighted by Crippen LogP contribution is -2.31. The molecule has 8 aromatic carbocycles.